The van der Waals surface area contributed by atoms with E-state index in [0.29, 0.717) is 6.61 Å². The van der Waals surface area contributed by atoms with Crippen molar-refractivity contribution in [2.45, 2.75) is 39.0 Å². The topological polar surface area (TPSA) is 75.1 Å². The van der Waals surface area contributed by atoms with Crippen LogP contribution in [0.2, 0.25) is 0 Å². The van der Waals surface area contributed by atoms with E-state index in [9.17, 15) is 5.11 Å². The Kier molecular flexibility index (Phi) is 10.2. The highest BCUT2D eigenvalue weighted by Gasteiger charge is 2.34. The molecule has 1 rings (SSSR count). The van der Waals surface area contributed by atoms with Gasteiger partial charge in [0.1, 0.15) is 0 Å². The lowest BCUT2D eigenvalue weighted by molar-refractivity contribution is 0.127. The van der Waals surface area contributed by atoms with Gasteiger partial charge in [-0.1, -0.05) is 13.3 Å². The number of aliphatic imine (C=N–C) groups is 1. The zero-order valence-electron chi connectivity index (χ0n) is 14.2. The van der Waals surface area contributed by atoms with Gasteiger partial charge in [0.2, 0.25) is 0 Å². The van der Waals surface area contributed by atoms with Gasteiger partial charge in [0.15, 0.2) is 5.96 Å². The Morgan fingerprint density at radius 1 is 1.32 bits per heavy atom. The minimum absolute atomic E-state index is 0.0373. The van der Waals surface area contributed by atoms with Gasteiger partial charge in [-0.25, -0.2) is 0 Å². The molecule has 0 aromatic carbocycles. The van der Waals surface area contributed by atoms with Crippen molar-refractivity contribution in [1.82, 2.24) is 10.6 Å². The fourth-order valence-electron chi connectivity index (χ4n) is 2.53. The van der Waals surface area contributed by atoms with Crippen LogP contribution in [0.15, 0.2) is 4.99 Å². The number of aliphatic hydroxyl groups is 1. The third kappa shape index (κ3) is 7.42. The second kappa shape index (κ2) is 11.7. The maximum Gasteiger partial charge on any atom is 0.190 e. The number of ether oxygens (including phenoxy) is 2. The first-order valence-electron chi connectivity index (χ1n) is 8.47. The van der Waals surface area contributed by atoms with Crippen LogP contribution in [-0.4, -0.2) is 64.2 Å². The highest BCUT2D eigenvalue weighted by molar-refractivity contribution is 5.79. The van der Waals surface area contributed by atoms with Crippen LogP contribution >= 0.6 is 0 Å². The maximum absolute atomic E-state index is 9.23. The Balaban J connectivity index is 2.16. The molecule has 130 valence electrons. The minimum atomic E-state index is 0.0373. The molecule has 0 aromatic rings. The summed E-state index contributed by atoms with van der Waals surface area (Å²) in [5, 5.41) is 15.9. The molecule has 0 spiro atoms. The minimum Gasteiger partial charge on any atom is -0.396 e. The molecule has 1 fully saturated rings. The van der Waals surface area contributed by atoms with Gasteiger partial charge >= 0.3 is 0 Å². The smallest absolute Gasteiger partial charge is 0.190 e. The second-order valence-corrected chi connectivity index (χ2v) is 5.95. The molecule has 0 bridgehead atoms. The van der Waals surface area contributed by atoms with E-state index in [2.05, 4.69) is 22.5 Å². The summed E-state index contributed by atoms with van der Waals surface area (Å²) in [6.45, 7) is 7.12. The molecular weight excluding hydrogens is 282 g/mol. The highest BCUT2D eigenvalue weighted by atomic mass is 16.5. The van der Waals surface area contributed by atoms with Crippen molar-refractivity contribution in [2.24, 2.45) is 10.4 Å². The Morgan fingerprint density at radius 2 is 2.14 bits per heavy atom. The van der Waals surface area contributed by atoms with E-state index in [1.54, 1.807) is 7.05 Å². The van der Waals surface area contributed by atoms with Crippen molar-refractivity contribution in [3.8, 4) is 0 Å². The van der Waals surface area contributed by atoms with Crippen molar-refractivity contribution in [1.29, 1.82) is 0 Å². The van der Waals surface area contributed by atoms with Crippen LogP contribution in [0.1, 0.15) is 39.0 Å². The molecule has 3 N–H and O–H groups in total. The summed E-state index contributed by atoms with van der Waals surface area (Å²) in [6.07, 6.45) is 5.03. The van der Waals surface area contributed by atoms with Crippen molar-refractivity contribution in [3.05, 3.63) is 0 Å². The molecule has 0 amide bonds. The molecule has 6 heteroatoms. The largest absolute Gasteiger partial charge is 0.396 e. The summed E-state index contributed by atoms with van der Waals surface area (Å²) in [5.74, 6) is 0.803. The molecule has 6 nitrogen and oxygen atoms in total. The van der Waals surface area contributed by atoms with Gasteiger partial charge in [0.25, 0.3) is 0 Å². The van der Waals surface area contributed by atoms with Crippen LogP contribution in [-0.2, 0) is 9.47 Å². The van der Waals surface area contributed by atoms with Crippen LogP contribution < -0.4 is 10.6 Å². The standard InChI is InChI=1S/C16H33N3O3/c1-3-4-10-21-11-5-8-18-15(17-2)19-13-16(6-9-20)7-12-22-14-16/h20H,3-14H2,1-2H3,(H2,17,18,19). The van der Waals surface area contributed by atoms with Crippen LogP contribution in [0, 0.1) is 5.41 Å². The zero-order valence-corrected chi connectivity index (χ0v) is 14.2. The van der Waals surface area contributed by atoms with Crippen LogP contribution in [0.25, 0.3) is 0 Å². The molecule has 1 atom stereocenters. The Hall–Kier alpha value is -0.850. The van der Waals surface area contributed by atoms with Gasteiger partial charge in [-0.2, -0.15) is 0 Å². The number of nitrogens with zero attached hydrogens (tertiary/aromatic N) is 1. The number of hydrogen-bond acceptors (Lipinski definition) is 4. The number of guanidine groups is 1. The quantitative estimate of drug-likeness (QED) is 0.303. The molecule has 0 saturated carbocycles. The Morgan fingerprint density at radius 3 is 2.77 bits per heavy atom. The van der Waals surface area contributed by atoms with Crippen molar-refractivity contribution in [3.63, 3.8) is 0 Å². The van der Waals surface area contributed by atoms with E-state index in [1.165, 1.54) is 6.42 Å². The van der Waals surface area contributed by atoms with Gasteiger partial charge in [0, 0.05) is 52.0 Å². The van der Waals surface area contributed by atoms with Gasteiger partial charge in [-0.15, -0.1) is 0 Å². The fourth-order valence-corrected chi connectivity index (χ4v) is 2.53. The summed E-state index contributed by atoms with van der Waals surface area (Å²) >= 11 is 0. The van der Waals surface area contributed by atoms with E-state index >= 15 is 0 Å². The number of unbranched alkanes of at least 4 members (excludes halogenated alkanes) is 1. The molecular formula is C16H33N3O3. The molecule has 0 aliphatic carbocycles. The molecule has 0 radical (unpaired) electrons. The van der Waals surface area contributed by atoms with E-state index in [4.69, 9.17) is 9.47 Å². The van der Waals surface area contributed by atoms with E-state index in [1.807, 2.05) is 0 Å². The van der Waals surface area contributed by atoms with E-state index < -0.39 is 0 Å². The van der Waals surface area contributed by atoms with Crippen molar-refractivity contribution in [2.75, 3.05) is 53.2 Å². The van der Waals surface area contributed by atoms with Gasteiger partial charge < -0.3 is 25.2 Å². The summed E-state index contributed by atoms with van der Waals surface area (Å²) in [5.41, 5.74) is 0.0373. The first kappa shape index (κ1) is 19.2. The number of nitrogens with one attached hydrogen (secondary N) is 2. The molecule has 1 saturated heterocycles. The summed E-state index contributed by atoms with van der Waals surface area (Å²) in [7, 11) is 1.77. The molecule has 1 aliphatic rings. The normalized spacial score (nSPS) is 22.0. The van der Waals surface area contributed by atoms with Crippen molar-refractivity contribution < 1.29 is 14.6 Å². The molecule has 1 heterocycles. The SMILES string of the molecule is CCCCOCCCNC(=NC)NCC1(CCO)CCOC1. The number of rotatable bonds is 11. The van der Waals surface area contributed by atoms with Gasteiger partial charge in [-0.05, 0) is 25.7 Å². The first-order chi connectivity index (χ1) is 10.8. The molecule has 1 unspecified atom stereocenters. The molecule has 0 aromatic heterocycles. The van der Waals surface area contributed by atoms with Crippen LogP contribution in [0.3, 0.4) is 0 Å². The average molecular weight is 315 g/mol. The first-order valence-corrected chi connectivity index (χ1v) is 8.47. The summed E-state index contributed by atoms with van der Waals surface area (Å²) in [6, 6.07) is 0. The summed E-state index contributed by atoms with van der Waals surface area (Å²) < 4.78 is 11.0. The second-order valence-electron chi connectivity index (χ2n) is 5.95. The van der Waals surface area contributed by atoms with Gasteiger partial charge in [-0.3, -0.25) is 4.99 Å². The van der Waals surface area contributed by atoms with Crippen molar-refractivity contribution >= 4 is 5.96 Å². The lowest BCUT2D eigenvalue weighted by Crippen LogP contribution is -2.44. The third-order valence-corrected chi connectivity index (χ3v) is 4.08. The van der Waals surface area contributed by atoms with Crippen LogP contribution in [0.5, 0.6) is 0 Å². The Bertz CT molecular complexity index is 305. The van der Waals surface area contributed by atoms with E-state index in [-0.39, 0.29) is 12.0 Å². The third-order valence-electron chi connectivity index (χ3n) is 4.08. The molecule has 1 aliphatic heterocycles. The zero-order chi connectivity index (χ0) is 16.1. The molecule has 22 heavy (non-hydrogen) atoms. The lowest BCUT2D eigenvalue weighted by Gasteiger charge is -2.27. The number of aliphatic hydroxyl groups excluding tert-OH is 1. The predicted octanol–water partition coefficient (Wildman–Crippen LogP) is 1.15. The fraction of sp³-hybridized carbons (Fsp3) is 0.938. The van der Waals surface area contributed by atoms with Crippen LogP contribution in [0.4, 0.5) is 0 Å². The van der Waals surface area contributed by atoms with E-state index in [0.717, 1.165) is 64.6 Å². The maximum atomic E-state index is 9.23. The highest BCUT2D eigenvalue weighted by Crippen LogP contribution is 2.31. The Labute approximate surface area is 134 Å². The van der Waals surface area contributed by atoms with Gasteiger partial charge in [0.05, 0.1) is 6.61 Å². The lowest BCUT2D eigenvalue weighted by atomic mass is 9.84. The summed E-state index contributed by atoms with van der Waals surface area (Å²) in [4.78, 5) is 4.24. The predicted molar refractivity (Wildman–Crippen MR) is 89.3 cm³/mol. The monoisotopic (exact) mass is 315 g/mol. The number of hydrogen-bond donors (Lipinski definition) is 3. The average Bonchev–Trinajstić information content (AvgIpc) is 2.98.